The van der Waals surface area contributed by atoms with Gasteiger partial charge in [0.1, 0.15) is 5.82 Å². The van der Waals surface area contributed by atoms with E-state index in [1.54, 1.807) is 4.90 Å². The lowest BCUT2D eigenvalue weighted by atomic mass is 10.1. The Morgan fingerprint density at radius 3 is 2.55 bits per heavy atom. The summed E-state index contributed by atoms with van der Waals surface area (Å²) in [5.74, 6) is 0.828. The van der Waals surface area contributed by atoms with Crippen LogP contribution in [0, 0.1) is 11.3 Å². The molecule has 1 amide bonds. The molecule has 0 aliphatic carbocycles. The number of hydrogen-bond acceptors (Lipinski definition) is 3. The molecular weight excluding hydrogens is 408 g/mol. The summed E-state index contributed by atoms with van der Waals surface area (Å²) in [7, 11) is 3.79. The van der Waals surface area contributed by atoms with Crippen LogP contribution in [-0.2, 0) is 13.5 Å². The average Bonchev–Trinajstić information content (AvgIpc) is 3.17. The molecule has 160 valence electrons. The molecule has 0 saturated heterocycles. The van der Waals surface area contributed by atoms with Gasteiger partial charge in [0, 0.05) is 31.5 Å². The molecule has 0 bridgehead atoms. The van der Waals surface area contributed by atoms with Crippen LogP contribution in [0.15, 0.2) is 84.9 Å². The second kappa shape index (κ2) is 8.25. The Morgan fingerprint density at radius 2 is 1.76 bits per heavy atom. The number of imidazole rings is 1. The quantitative estimate of drug-likeness (QED) is 0.380. The van der Waals surface area contributed by atoms with Gasteiger partial charge in [-0.1, -0.05) is 48.5 Å². The summed E-state index contributed by atoms with van der Waals surface area (Å²) in [5, 5.41) is 11.1. The third kappa shape index (κ3) is 3.72. The first-order valence-corrected chi connectivity index (χ1v) is 10.8. The highest BCUT2D eigenvalue weighted by molar-refractivity contribution is 6.11. The maximum Gasteiger partial charge on any atom is 0.258 e. The molecule has 0 spiro atoms. The molecule has 33 heavy (non-hydrogen) atoms. The molecule has 1 heterocycles. The van der Waals surface area contributed by atoms with Crippen molar-refractivity contribution in [1.82, 2.24) is 9.55 Å². The van der Waals surface area contributed by atoms with Crippen LogP contribution in [0.5, 0.6) is 0 Å². The Bertz CT molecular complexity index is 1540. The zero-order chi connectivity index (χ0) is 22.9. The van der Waals surface area contributed by atoms with Crippen molar-refractivity contribution in [3.05, 3.63) is 107 Å². The van der Waals surface area contributed by atoms with Gasteiger partial charge >= 0.3 is 0 Å². The maximum absolute atomic E-state index is 13.3. The highest BCUT2D eigenvalue weighted by Crippen LogP contribution is 2.27. The predicted octanol–water partition coefficient (Wildman–Crippen LogP) is 5.47. The summed E-state index contributed by atoms with van der Waals surface area (Å²) < 4.78 is 2.05. The predicted molar refractivity (Wildman–Crippen MR) is 131 cm³/mol. The third-order valence-electron chi connectivity index (χ3n) is 6.10. The molecule has 0 radical (unpaired) electrons. The van der Waals surface area contributed by atoms with Crippen molar-refractivity contribution < 1.29 is 4.79 Å². The maximum atomic E-state index is 13.3. The Morgan fingerprint density at radius 1 is 1.00 bits per heavy atom. The van der Waals surface area contributed by atoms with Crippen molar-refractivity contribution in [3.8, 4) is 6.07 Å². The molecule has 0 aliphatic rings. The number of aromatic nitrogens is 2. The Hall–Kier alpha value is -4.43. The molecule has 0 atom stereocenters. The third-order valence-corrected chi connectivity index (χ3v) is 6.10. The van der Waals surface area contributed by atoms with Crippen molar-refractivity contribution in [1.29, 1.82) is 5.26 Å². The number of benzene rings is 4. The molecule has 4 aromatic carbocycles. The number of anilines is 1. The van der Waals surface area contributed by atoms with Crippen LogP contribution in [-0.4, -0.2) is 22.5 Å². The molecule has 0 saturated carbocycles. The fourth-order valence-corrected chi connectivity index (χ4v) is 4.22. The van der Waals surface area contributed by atoms with Crippen molar-refractivity contribution in [3.63, 3.8) is 0 Å². The largest absolute Gasteiger partial charge is 0.331 e. The number of amides is 1. The highest BCUT2D eigenvalue weighted by atomic mass is 16.2. The lowest BCUT2D eigenvalue weighted by molar-refractivity contribution is 0.0993. The van der Waals surface area contributed by atoms with E-state index in [9.17, 15) is 4.79 Å². The molecular formula is C28H22N4O. The number of nitrogens with zero attached hydrogens (tertiary/aromatic N) is 4. The first-order chi connectivity index (χ1) is 16.0. The van der Waals surface area contributed by atoms with E-state index in [-0.39, 0.29) is 5.91 Å². The zero-order valence-electron chi connectivity index (χ0n) is 18.5. The van der Waals surface area contributed by atoms with E-state index < -0.39 is 0 Å². The van der Waals surface area contributed by atoms with Gasteiger partial charge in [-0.2, -0.15) is 5.26 Å². The van der Waals surface area contributed by atoms with Crippen molar-refractivity contribution in [2.24, 2.45) is 7.05 Å². The Balaban J connectivity index is 1.46. The van der Waals surface area contributed by atoms with Crippen LogP contribution < -0.4 is 4.90 Å². The summed E-state index contributed by atoms with van der Waals surface area (Å²) in [4.78, 5) is 19.8. The second-order valence-electron chi connectivity index (χ2n) is 8.14. The zero-order valence-corrected chi connectivity index (χ0v) is 18.5. The van der Waals surface area contributed by atoms with Gasteiger partial charge in [0.15, 0.2) is 0 Å². The SMILES string of the molecule is CN(C(=O)c1ccc2c(c1)nc(Cc1ccc(C#N)cc1)n2C)c1cccc2ccccc12. The van der Waals surface area contributed by atoms with Crippen molar-refractivity contribution >= 4 is 33.4 Å². The molecule has 1 aromatic heterocycles. The Labute approximate surface area is 192 Å². The van der Waals surface area contributed by atoms with E-state index >= 15 is 0 Å². The normalized spacial score (nSPS) is 10.9. The average molecular weight is 431 g/mol. The number of rotatable bonds is 4. The number of carbonyl (C=O) groups is 1. The summed E-state index contributed by atoms with van der Waals surface area (Å²) in [6, 6.07) is 29.4. The number of hydrogen-bond donors (Lipinski definition) is 0. The molecule has 0 N–H and O–H groups in total. The van der Waals surface area contributed by atoms with Gasteiger partial charge in [-0.3, -0.25) is 4.79 Å². The molecule has 5 aromatic rings. The van der Waals surface area contributed by atoms with Gasteiger partial charge in [-0.05, 0) is 47.3 Å². The Kier molecular flexibility index (Phi) is 5.12. The first-order valence-electron chi connectivity index (χ1n) is 10.8. The lowest BCUT2D eigenvalue weighted by Gasteiger charge is -2.19. The molecule has 5 nitrogen and oxygen atoms in total. The smallest absolute Gasteiger partial charge is 0.258 e. The van der Waals surface area contributed by atoms with Gasteiger partial charge in [0.05, 0.1) is 28.4 Å². The molecule has 5 rings (SSSR count). The second-order valence-corrected chi connectivity index (χ2v) is 8.14. The van der Waals surface area contributed by atoms with Gasteiger partial charge in [0.25, 0.3) is 5.91 Å². The number of carbonyl (C=O) groups excluding carboxylic acids is 1. The molecule has 5 heteroatoms. The van der Waals surface area contributed by atoms with Crippen LogP contribution >= 0.6 is 0 Å². The minimum absolute atomic E-state index is 0.0763. The molecule has 0 fully saturated rings. The van der Waals surface area contributed by atoms with E-state index in [0.717, 1.165) is 38.9 Å². The monoisotopic (exact) mass is 430 g/mol. The summed E-state index contributed by atoms with van der Waals surface area (Å²) in [5.41, 5.74) is 4.96. The minimum Gasteiger partial charge on any atom is -0.331 e. The van der Waals surface area contributed by atoms with Crippen LogP contribution in [0.2, 0.25) is 0 Å². The van der Waals surface area contributed by atoms with Crippen LogP contribution in [0.1, 0.15) is 27.3 Å². The van der Waals surface area contributed by atoms with E-state index in [0.29, 0.717) is 17.5 Å². The van der Waals surface area contributed by atoms with Gasteiger partial charge in [0.2, 0.25) is 0 Å². The first kappa shape index (κ1) is 20.5. The lowest BCUT2D eigenvalue weighted by Crippen LogP contribution is -2.26. The summed E-state index contributed by atoms with van der Waals surface area (Å²) in [6.45, 7) is 0. The topological polar surface area (TPSA) is 61.9 Å². The number of nitriles is 1. The standard InChI is InChI=1S/C28H22N4O/c1-31-26-15-14-22(17-24(26)30-27(31)16-19-10-12-20(18-29)13-11-19)28(33)32(2)25-9-5-7-21-6-3-4-8-23(21)25/h3-15,17H,16H2,1-2H3. The van der Waals surface area contributed by atoms with Gasteiger partial charge in [-0.15, -0.1) is 0 Å². The van der Waals surface area contributed by atoms with Crippen molar-refractivity contribution in [2.45, 2.75) is 6.42 Å². The van der Waals surface area contributed by atoms with Gasteiger partial charge in [-0.25, -0.2) is 4.98 Å². The summed E-state index contributed by atoms with van der Waals surface area (Å²) in [6.07, 6.45) is 0.649. The van der Waals surface area contributed by atoms with E-state index in [4.69, 9.17) is 10.2 Å². The van der Waals surface area contributed by atoms with Crippen LogP contribution in [0.4, 0.5) is 5.69 Å². The molecule has 0 unspecified atom stereocenters. The summed E-state index contributed by atoms with van der Waals surface area (Å²) >= 11 is 0. The van der Waals surface area contributed by atoms with Crippen LogP contribution in [0.3, 0.4) is 0 Å². The van der Waals surface area contributed by atoms with E-state index in [1.807, 2.05) is 99.0 Å². The van der Waals surface area contributed by atoms with E-state index in [2.05, 4.69) is 10.6 Å². The van der Waals surface area contributed by atoms with Crippen LogP contribution in [0.25, 0.3) is 21.8 Å². The molecule has 0 aliphatic heterocycles. The fourth-order valence-electron chi connectivity index (χ4n) is 4.22. The highest BCUT2D eigenvalue weighted by Gasteiger charge is 2.18. The van der Waals surface area contributed by atoms with E-state index in [1.165, 1.54) is 0 Å². The van der Waals surface area contributed by atoms with Gasteiger partial charge < -0.3 is 9.47 Å². The minimum atomic E-state index is -0.0763. The van der Waals surface area contributed by atoms with Crippen molar-refractivity contribution in [2.75, 3.05) is 11.9 Å². The fraction of sp³-hybridized carbons (Fsp3) is 0.107. The number of fused-ring (bicyclic) bond motifs is 2. The number of aryl methyl sites for hydroxylation is 1.